The number of hydrogen-bond donors (Lipinski definition) is 0. The maximum absolute atomic E-state index is 5.57. The van der Waals surface area contributed by atoms with E-state index in [0.29, 0.717) is 5.88 Å². The van der Waals surface area contributed by atoms with Gasteiger partial charge in [-0.3, -0.25) is 0 Å². The Labute approximate surface area is 89.7 Å². The van der Waals surface area contributed by atoms with Crippen molar-refractivity contribution < 1.29 is 4.42 Å². The van der Waals surface area contributed by atoms with E-state index in [-0.39, 0.29) is 0 Å². The second-order valence-corrected chi connectivity index (χ2v) is 3.45. The van der Waals surface area contributed by atoms with Crippen molar-refractivity contribution in [2.75, 3.05) is 5.88 Å². The van der Waals surface area contributed by atoms with Crippen LogP contribution in [0.5, 0.6) is 0 Å². The summed E-state index contributed by atoms with van der Waals surface area (Å²) in [5, 5.41) is 0. The molecular weight excluding hydrogens is 198 g/mol. The molecule has 0 aliphatic heterocycles. The van der Waals surface area contributed by atoms with Gasteiger partial charge in [-0.25, -0.2) is 4.98 Å². The van der Waals surface area contributed by atoms with Crippen LogP contribution in [0.4, 0.5) is 0 Å². The van der Waals surface area contributed by atoms with Crippen molar-refractivity contribution in [2.24, 2.45) is 0 Å². The molecule has 1 heterocycles. The van der Waals surface area contributed by atoms with Crippen LogP contribution < -0.4 is 0 Å². The van der Waals surface area contributed by atoms with E-state index in [2.05, 4.69) is 10.9 Å². The summed E-state index contributed by atoms with van der Waals surface area (Å²) < 4.78 is 5.49. The number of terminal acetylenes is 1. The van der Waals surface area contributed by atoms with Crippen molar-refractivity contribution in [1.82, 2.24) is 4.98 Å². The summed E-state index contributed by atoms with van der Waals surface area (Å²) in [5.41, 5.74) is 0. The van der Waals surface area contributed by atoms with Gasteiger partial charge in [0, 0.05) is 25.1 Å². The molecule has 76 valence electrons. The molecule has 2 nitrogen and oxygen atoms in total. The third kappa shape index (κ3) is 3.85. The summed E-state index contributed by atoms with van der Waals surface area (Å²) >= 11 is 5.57. The van der Waals surface area contributed by atoms with Crippen molar-refractivity contribution in [3.05, 3.63) is 17.8 Å². The lowest BCUT2D eigenvalue weighted by Gasteiger charge is -1.92. The zero-order chi connectivity index (χ0) is 10.2. The molecule has 14 heavy (non-hydrogen) atoms. The predicted molar refractivity (Wildman–Crippen MR) is 57.3 cm³/mol. The minimum atomic E-state index is 0.648. The number of aromatic nitrogens is 1. The first kappa shape index (κ1) is 11.1. The smallest absolute Gasteiger partial charge is 0.194 e. The van der Waals surface area contributed by atoms with Crippen LogP contribution in [0.15, 0.2) is 10.6 Å². The topological polar surface area (TPSA) is 26.0 Å². The van der Waals surface area contributed by atoms with Gasteiger partial charge in [-0.05, 0) is 12.8 Å². The molecule has 0 atom stereocenters. The Kier molecular flexibility index (Phi) is 5.17. The average Bonchev–Trinajstić information content (AvgIpc) is 2.63. The standard InChI is InChI=1S/C11H14ClNO/c1-2-3-4-6-10-9-13-11(14-10)7-5-8-12/h1,9H,3-8H2. The fourth-order valence-electron chi connectivity index (χ4n) is 1.16. The molecule has 0 N–H and O–H groups in total. The Morgan fingerprint density at radius 1 is 1.43 bits per heavy atom. The number of unbranched alkanes of at least 4 members (excludes halogenated alkanes) is 1. The van der Waals surface area contributed by atoms with Crippen molar-refractivity contribution >= 4 is 11.6 Å². The van der Waals surface area contributed by atoms with Crippen LogP contribution >= 0.6 is 11.6 Å². The fourth-order valence-corrected chi connectivity index (χ4v) is 1.30. The highest BCUT2D eigenvalue weighted by molar-refractivity contribution is 6.17. The van der Waals surface area contributed by atoms with Crippen LogP contribution in [0.1, 0.15) is 30.9 Å². The summed E-state index contributed by atoms with van der Waals surface area (Å²) in [6.07, 6.45) is 11.3. The van der Waals surface area contributed by atoms with Crippen LogP contribution in [0.3, 0.4) is 0 Å². The van der Waals surface area contributed by atoms with Gasteiger partial charge in [0.2, 0.25) is 0 Å². The second kappa shape index (κ2) is 6.50. The number of halogens is 1. The maximum Gasteiger partial charge on any atom is 0.194 e. The van der Waals surface area contributed by atoms with Crippen molar-refractivity contribution in [3.8, 4) is 12.3 Å². The number of hydrogen-bond acceptors (Lipinski definition) is 2. The molecular formula is C11H14ClNO. The predicted octanol–water partition coefficient (Wildman–Crippen LogP) is 2.80. The lowest BCUT2D eigenvalue weighted by Crippen LogP contribution is -1.85. The highest BCUT2D eigenvalue weighted by atomic mass is 35.5. The van der Waals surface area contributed by atoms with Gasteiger partial charge >= 0.3 is 0 Å². The number of aryl methyl sites for hydroxylation is 2. The van der Waals surface area contributed by atoms with Crippen LogP contribution in [0, 0.1) is 12.3 Å². The van der Waals surface area contributed by atoms with Crippen LogP contribution in [-0.2, 0) is 12.8 Å². The highest BCUT2D eigenvalue weighted by Gasteiger charge is 2.02. The molecule has 0 saturated carbocycles. The lowest BCUT2D eigenvalue weighted by atomic mass is 10.2. The minimum absolute atomic E-state index is 0.648. The Morgan fingerprint density at radius 3 is 3.00 bits per heavy atom. The molecule has 0 unspecified atom stereocenters. The van der Waals surface area contributed by atoms with E-state index < -0.39 is 0 Å². The van der Waals surface area contributed by atoms with Crippen LogP contribution in [0.25, 0.3) is 0 Å². The highest BCUT2D eigenvalue weighted by Crippen LogP contribution is 2.09. The molecule has 0 aliphatic carbocycles. The third-order valence-corrected chi connectivity index (χ3v) is 2.14. The van der Waals surface area contributed by atoms with Crippen LogP contribution in [-0.4, -0.2) is 10.9 Å². The molecule has 0 bridgehead atoms. The Balaban J connectivity index is 2.32. The van der Waals surface area contributed by atoms with Crippen molar-refractivity contribution in [2.45, 2.75) is 32.1 Å². The summed E-state index contributed by atoms with van der Waals surface area (Å²) in [5.74, 6) is 4.95. The molecule has 0 aromatic carbocycles. The zero-order valence-corrected chi connectivity index (χ0v) is 8.89. The summed E-state index contributed by atoms with van der Waals surface area (Å²) in [4.78, 5) is 4.16. The van der Waals surface area contributed by atoms with E-state index in [9.17, 15) is 0 Å². The normalized spacial score (nSPS) is 10.0. The maximum atomic E-state index is 5.57. The largest absolute Gasteiger partial charge is 0.446 e. The average molecular weight is 212 g/mol. The summed E-state index contributed by atoms with van der Waals surface area (Å²) in [6, 6.07) is 0. The SMILES string of the molecule is C#CCCCc1cnc(CCCCl)o1. The van der Waals surface area contributed by atoms with E-state index in [1.54, 1.807) is 6.20 Å². The fraction of sp³-hybridized carbons (Fsp3) is 0.545. The number of rotatable bonds is 6. The van der Waals surface area contributed by atoms with Crippen molar-refractivity contribution in [3.63, 3.8) is 0 Å². The minimum Gasteiger partial charge on any atom is -0.446 e. The van der Waals surface area contributed by atoms with Gasteiger partial charge in [-0.1, -0.05) is 0 Å². The first-order valence-corrected chi connectivity index (χ1v) is 5.33. The quantitative estimate of drug-likeness (QED) is 0.411. The van der Waals surface area contributed by atoms with E-state index in [0.717, 1.165) is 43.8 Å². The van der Waals surface area contributed by atoms with E-state index in [1.165, 1.54) is 0 Å². The molecule has 1 aromatic rings. The first-order chi connectivity index (χ1) is 6.86. The molecule has 0 aliphatic rings. The van der Waals surface area contributed by atoms with Gasteiger partial charge in [0.05, 0.1) is 6.20 Å². The first-order valence-electron chi connectivity index (χ1n) is 4.80. The van der Waals surface area contributed by atoms with Gasteiger partial charge in [0.1, 0.15) is 5.76 Å². The summed E-state index contributed by atoms with van der Waals surface area (Å²) in [7, 11) is 0. The molecule has 0 saturated heterocycles. The number of nitrogens with zero attached hydrogens (tertiary/aromatic N) is 1. The molecule has 3 heteroatoms. The molecule has 0 radical (unpaired) electrons. The van der Waals surface area contributed by atoms with E-state index >= 15 is 0 Å². The van der Waals surface area contributed by atoms with Gasteiger partial charge < -0.3 is 4.42 Å². The Hall–Kier alpha value is -0.940. The number of alkyl halides is 1. The second-order valence-electron chi connectivity index (χ2n) is 3.07. The van der Waals surface area contributed by atoms with Gasteiger partial charge in [0.15, 0.2) is 5.89 Å². The lowest BCUT2D eigenvalue weighted by molar-refractivity contribution is 0.449. The summed E-state index contributed by atoms with van der Waals surface area (Å²) in [6.45, 7) is 0. The molecule has 0 spiro atoms. The van der Waals surface area contributed by atoms with Gasteiger partial charge in [0.25, 0.3) is 0 Å². The zero-order valence-electron chi connectivity index (χ0n) is 8.13. The van der Waals surface area contributed by atoms with Gasteiger partial charge in [-0.2, -0.15) is 0 Å². The van der Waals surface area contributed by atoms with Crippen LogP contribution in [0.2, 0.25) is 0 Å². The molecule has 0 amide bonds. The monoisotopic (exact) mass is 211 g/mol. The molecule has 0 fully saturated rings. The third-order valence-electron chi connectivity index (χ3n) is 1.87. The van der Waals surface area contributed by atoms with E-state index in [4.69, 9.17) is 22.4 Å². The van der Waals surface area contributed by atoms with Gasteiger partial charge in [-0.15, -0.1) is 23.9 Å². The molecule has 1 rings (SSSR count). The molecule has 1 aromatic heterocycles. The van der Waals surface area contributed by atoms with E-state index in [1.807, 2.05) is 0 Å². The Bertz CT molecular complexity index is 300. The Morgan fingerprint density at radius 2 is 2.29 bits per heavy atom. The van der Waals surface area contributed by atoms with Crippen molar-refractivity contribution in [1.29, 1.82) is 0 Å². The number of oxazole rings is 1.